The number of anilines is 1. The van der Waals surface area contributed by atoms with Gasteiger partial charge in [0.15, 0.2) is 0 Å². The molecule has 2 aromatic rings. The second-order valence-corrected chi connectivity index (χ2v) is 6.66. The minimum absolute atomic E-state index is 0.156. The summed E-state index contributed by atoms with van der Waals surface area (Å²) in [5.74, 6) is 0.0567. The Balaban J connectivity index is 2.17. The summed E-state index contributed by atoms with van der Waals surface area (Å²) in [6, 6.07) is 11.5. The van der Waals surface area contributed by atoms with Crippen LogP contribution < -0.4 is 9.62 Å². The molecule has 0 aliphatic rings. The van der Waals surface area contributed by atoms with E-state index in [2.05, 4.69) is 5.32 Å². The summed E-state index contributed by atoms with van der Waals surface area (Å²) in [7, 11) is -3.72. The molecule has 0 bridgehead atoms. The predicted octanol–water partition coefficient (Wildman–Crippen LogP) is 1.23. The molecule has 0 aliphatic heterocycles. The lowest BCUT2D eigenvalue weighted by Gasteiger charge is -2.22. The molecule has 1 N–H and O–H groups in total. The van der Waals surface area contributed by atoms with Gasteiger partial charge in [0.2, 0.25) is 15.9 Å². The van der Waals surface area contributed by atoms with Crippen LogP contribution in [0.1, 0.15) is 11.3 Å². The predicted molar refractivity (Wildman–Crippen MR) is 83.9 cm³/mol. The van der Waals surface area contributed by atoms with Gasteiger partial charge in [-0.2, -0.15) is 5.26 Å². The van der Waals surface area contributed by atoms with Gasteiger partial charge < -0.3 is 9.73 Å². The van der Waals surface area contributed by atoms with Crippen molar-refractivity contribution in [1.29, 1.82) is 5.26 Å². The molecule has 0 unspecified atom stereocenters. The van der Waals surface area contributed by atoms with E-state index < -0.39 is 22.5 Å². The number of nitrogens with zero attached hydrogens (tertiary/aromatic N) is 2. The quantitative estimate of drug-likeness (QED) is 0.856. The Bertz CT molecular complexity index is 823. The Labute approximate surface area is 134 Å². The van der Waals surface area contributed by atoms with Crippen LogP contribution in [0, 0.1) is 11.3 Å². The van der Waals surface area contributed by atoms with Crippen molar-refractivity contribution in [1.82, 2.24) is 5.32 Å². The first-order valence-electron chi connectivity index (χ1n) is 6.67. The van der Waals surface area contributed by atoms with E-state index in [1.807, 2.05) is 6.07 Å². The van der Waals surface area contributed by atoms with Gasteiger partial charge in [0.1, 0.15) is 18.4 Å². The highest BCUT2D eigenvalue weighted by Crippen LogP contribution is 2.21. The van der Waals surface area contributed by atoms with E-state index in [4.69, 9.17) is 9.68 Å². The fraction of sp³-hybridized carbons (Fsp3) is 0.200. The summed E-state index contributed by atoms with van der Waals surface area (Å²) in [6.07, 6.45) is 2.47. The maximum Gasteiger partial charge on any atom is 0.241 e. The van der Waals surface area contributed by atoms with Crippen LogP contribution in [0.15, 0.2) is 47.1 Å². The van der Waals surface area contributed by atoms with Gasteiger partial charge in [0.25, 0.3) is 0 Å². The molecule has 1 aromatic heterocycles. The van der Waals surface area contributed by atoms with E-state index in [1.165, 1.54) is 18.4 Å². The highest BCUT2D eigenvalue weighted by molar-refractivity contribution is 7.92. The number of rotatable bonds is 6. The zero-order chi connectivity index (χ0) is 16.9. The first-order chi connectivity index (χ1) is 10.9. The number of amides is 1. The van der Waals surface area contributed by atoms with E-state index in [0.29, 0.717) is 5.76 Å². The minimum atomic E-state index is -3.72. The lowest BCUT2D eigenvalue weighted by atomic mass is 10.2. The molecule has 1 heterocycles. The molecule has 0 aliphatic carbocycles. The van der Waals surface area contributed by atoms with Gasteiger partial charge in [-0.15, -0.1) is 0 Å². The van der Waals surface area contributed by atoms with Crippen molar-refractivity contribution in [3.05, 3.63) is 54.0 Å². The number of sulfonamides is 1. The van der Waals surface area contributed by atoms with Crippen LogP contribution in [0.25, 0.3) is 0 Å². The molecule has 0 saturated carbocycles. The summed E-state index contributed by atoms with van der Waals surface area (Å²) >= 11 is 0. The Morgan fingerprint density at radius 2 is 2.04 bits per heavy atom. The average Bonchev–Trinajstić information content (AvgIpc) is 3.03. The van der Waals surface area contributed by atoms with Crippen LogP contribution in [-0.2, 0) is 21.4 Å². The van der Waals surface area contributed by atoms with Crippen molar-refractivity contribution in [3.8, 4) is 6.07 Å². The zero-order valence-electron chi connectivity index (χ0n) is 12.4. The van der Waals surface area contributed by atoms with Crippen LogP contribution in [0.3, 0.4) is 0 Å². The van der Waals surface area contributed by atoms with E-state index in [9.17, 15) is 13.2 Å². The van der Waals surface area contributed by atoms with Gasteiger partial charge in [-0.05, 0) is 24.3 Å². The van der Waals surface area contributed by atoms with Crippen molar-refractivity contribution in [2.24, 2.45) is 0 Å². The van der Waals surface area contributed by atoms with E-state index in [-0.39, 0.29) is 17.8 Å². The Morgan fingerprint density at radius 1 is 1.30 bits per heavy atom. The molecule has 0 radical (unpaired) electrons. The number of hydrogen-bond acceptors (Lipinski definition) is 5. The van der Waals surface area contributed by atoms with Crippen LogP contribution in [0.2, 0.25) is 0 Å². The molecule has 0 fully saturated rings. The number of carbonyl (C=O) groups is 1. The Kier molecular flexibility index (Phi) is 5.03. The fourth-order valence-electron chi connectivity index (χ4n) is 1.95. The normalized spacial score (nSPS) is 10.8. The van der Waals surface area contributed by atoms with Gasteiger partial charge in [-0.3, -0.25) is 9.10 Å². The third kappa shape index (κ3) is 4.34. The number of nitriles is 1. The van der Waals surface area contributed by atoms with Crippen LogP contribution in [-0.4, -0.2) is 27.1 Å². The monoisotopic (exact) mass is 333 g/mol. The van der Waals surface area contributed by atoms with Crippen molar-refractivity contribution < 1.29 is 17.6 Å². The molecule has 8 heteroatoms. The maximum atomic E-state index is 12.0. The first-order valence-corrected chi connectivity index (χ1v) is 8.52. The van der Waals surface area contributed by atoms with Crippen LogP contribution >= 0.6 is 0 Å². The van der Waals surface area contributed by atoms with Crippen molar-refractivity contribution in [2.45, 2.75) is 6.54 Å². The molecule has 0 spiro atoms. The molecule has 23 heavy (non-hydrogen) atoms. The summed E-state index contributed by atoms with van der Waals surface area (Å²) in [6.45, 7) is -0.262. The molecule has 0 saturated heterocycles. The average molecular weight is 333 g/mol. The Morgan fingerprint density at radius 3 is 2.65 bits per heavy atom. The van der Waals surface area contributed by atoms with Gasteiger partial charge >= 0.3 is 0 Å². The van der Waals surface area contributed by atoms with Gasteiger partial charge in [0.05, 0.1) is 30.3 Å². The van der Waals surface area contributed by atoms with Gasteiger partial charge in [-0.25, -0.2) is 8.42 Å². The van der Waals surface area contributed by atoms with Crippen molar-refractivity contribution >= 4 is 21.6 Å². The van der Waals surface area contributed by atoms with Gasteiger partial charge in [-0.1, -0.05) is 12.1 Å². The third-order valence-electron chi connectivity index (χ3n) is 3.02. The molecule has 1 amide bonds. The van der Waals surface area contributed by atoms with E-state index >= 15 is 0 Å². The topological polar surface area (TPSA) is 103 Å². The maximum absolute atomic E-state index is 12.0. The molecular formula is C15H15N3O4S. The minimum Gasteiger partial charge on any atom is -0.467 e. The third-order valence-corrected chi connectivity index (χ3v) is 4.15. The largest absolute Gasteiger partial charge is 0.467 e. The summed E-state index contributed by atoms with van der Waals surface area (Å²) in [5, 5.41) is 11.7. The van der Waals surface area contributed by atoms with Crippen molar-refractivity contribution in [2.75, 3.05) is 17.1 Å². The fourth-order valence-corrected chi connectivity index (χ4v) is 2.82. The van der Waals surface area contributed by atoms with Gasteiger partial charge in [0, 0.05) is 0 Å². The second kappa shape index (κ2) is 6.98. The summed E-state index contributed by atoms with van der Waals surface area (Å²) < 4.78 is 30.0. The molecule has 7 nitrogen and oxygen atoms in total. The number of nitrogens with one attached hydrogen (secondary N) is 1. The number of benzene rings is 1. The highest BCUT2D eigenvalue weighted by atomic mass is 32.2. The van der Waals surface area contributed by atoms with Crippen LogP contribution in [0.4, 0.5) is 5.69 Å². The number of carbonyl (C=O) groups excluding carboxylic acids is 1. The molecule has 120 valence electrons. The SMILES string of the molecule is CS(=O)(=O)N(CC(=O)NCc1ccco1)c1ccccc1C#N. The molecule has 0 atom stereocenters. The zero-order valence-corrected chi connectivity index (χ0v) is 13.2. The van der Waals surface area contributed by atoms with E-state index in [1.54, 1.807) is 24.3 Å². The first kappa shape index (κ1) is 16.6. The lowest BCUT2D eigenvalue weighted by molar-refractivity contribution is -0.119. The lowest BCUT2D eigenvalue weighted by Crippen LogP contribution is -2.40. The van der Waals surface area contributed by atoms with Crippen molar-refractivity contribution in [3.63, 3.8) is 0 Å². The standard InChI is InChI=1S/C15H15N3O4S/c1-23(20,21)18(14-7-3-2-5-12(14)9-16)11-15(19)17-10-13-6-4-8-22-13/h2-8H,10-11H2,1H3,(H,17,19). The summed E-state index contributed by atoms with van der Waals surface area (Å²) in [4.78, 5) is 12.0. The smallest absolute Gasteiger partial charge is 0.241 e. The molecular weight excluding hydrogens is 318 g/mol. The Hall–Kier alpha value is -2.79. The summed E-state index contributed by atoms with van der Waals surface area (Å²) in [5.41, 5.74) is 0.349. The number of hydrogen-bond donors (Lipinski definition) is 1. The molecule has 2 rings (SSSR count). The number of para-hydroxylation sites is 1. The second-order valence-electron chi connectivity index (χ2n) is 4.75. The van der Waals surface area contributed by atoms with E-state index in [0.717, 1.165) is 10.6 Å². The number of furan rings is 1. The molecule has 1 aromatic carbocycles. The highest BCUT2D eigenvalue weighted by Gasteiger charge is 2.23. The van der Waals surface area contributed by atoms with Crippen LogP contribution in [0.5, 0.6) is 0 Å².